The minimum absolute atomic E-state index is 0.0312. The molecule has 0 bridgehead atoms. The Morgan fingerprint density at radius 3 is 2.46 bits per heavy atom. The molecule has 6 nitrogen and oxygen atoms in total. The molecule has 28 heavy (non-hydrogen) atoms. The first-order valence-electron chi connectivity index (χ1n) is 9.12. The average Bonchev–Trinajstić information content (AvgIpc) is 2.71. The number of esters is 1. The molecule has 2 aromatic rings. The summed E-state index contributed by atoms with van der Waals surface area (Å²) in [6, 6.07) is 13.3. The Labute approximate surface area is 163 Å². The summed E-state index contributed by atoms with van der Waals surface area (Å²) in [5, 5.41) is 0.103. The molecule has 0 aliphatic rings. The molecule has 0 aliphatic carbocycles. The molecule has 0 saturated heterocycles. The van der Waals surface area contributed by atoms with Gasteiger partial charge in [0.2, 0.25) is 0 Å². The summed E-state index contributed by atoms with van der Waals surface area (Å²) in [4.78, 5) is 24.2. The van der Waals surface area contributed by atoms with Crippen molar-refractivity contribution in [1.29, 1.82) is 0 Å². The zero-order valence-corrected chi connectivity index (χ0v) is 16.0. The second-order valence-electron chi connectivity index (χ2n) is 5.91. The molecule has 7 heteroatoms. The molecular formula is C21H24FNO5. The SMILES string of the molecule is CCCOc1ccc(OCC(=O)OCC)c(C(=O)N(F)Cc2ccccc2)c1. The fraction of sp³-hybridized carbons (Fsp3) is 0.333. The van der Waals surface area contributed by atoms with E-state index in [2.05, 4.69) is 0 Å². The van der Waals surface area contributed by atoms with Crippen molar-refractivity contribution in [3.05, 3.63) is 59.7 Å². The maximum atomic E-state index is 14.5. The third kappa shape index (κ3) is 6.26. The van der Waals surface area contributed by atoms with Gasteiger partial charge < -0.3 is 14.2 Å². The van der Waals surface area contributed by atoms with Crippen molar-refractivity contribution in [3.63, 3.8) is 0 Å². The van der Waals surface area contributed by atoms with E-state index in [4.69, 9.17) is 14.2 Å². The lowest BCUT2D eigenvalue weighted by molar-refractivity contribution is -0.145. The summed E-state index contributed by atoms with van der Waals surface area (Å²) in [5.41, 5.74) is 0.613. The van der Waals surface area contributed by atoms with Crippen LogP contribution in [-0.2, 0) is 16.1 Å². The maximum Gasteiger partial charge on any atom is 0.344 e. The van der Waals surface area contributed by atoms with Gasteiger partial charge >= 0.3 is 5.97 Å². The maximum absolute atomic E-state index is 14.5. The van der Waals surface area contributed by atoms with Crippen LogP contribution in [0.4, 0.5) is 4.48 Å². The number of halogens is 1. The zero-order valence-electron chi connectivity index (χ0n) is 16.0. The summed E-state index contributed by atoms with van der Waals surface area (Å²) >= 11 is 0. The van der Waals surface area contributed by atoms with Crippen molar-refractivity contribution >= 4 is 11.9 Å². The lowest BCUT2D eigenvalue weighted by Gasteiger charge is -2.16. The normalized spacial score (nSPS) is 10.2. The molecule has 0 unspecified atom stereocenters. The Bertz CT molecular complexity index is 782. The van der Waals surface area contributed by atoms with Crippen molar-refractivity contribution in [2.24, 2.45) is 0 Å². The van der Waals surface area contributed by atoms with E-state index in [-0.39, 0.29) is 36.2 Å². The number of nitrogens with zero attached hydrogens (tertiary/aromatic N) is 1. The molecule has 0 saturated carbocycles. The van der Waals surface area contributed by atoms with Crippen molar-refractivity contribution in [3.8, 4) is 11.5 Å². The van der Waals surface area contributed by atoms with Crippen LogP contribution < -0.4 is 9.47 Å². The van der Waals surface area contributed by atoms with Crippen LogP contribution in [0.25, 0.3) is 0 Å². The molecule has 150 valence electrons. The Balaban J connectivity index is 2.20. The Morgan fingerprint density at radius 2 is 1.79 bits per heavy atom. The van der Waals surface area contributed by atoms with Crippen molar-refractivity contribution < 1.29 is 28.3 Å². The number of hydrogen-bond acceptors (Lipinski definition) is 5. The Morgan fingerprint density at radius 1 is 1.04 bits per heavy atom. The lowest BCUT2D eigenvalue weighted by Crippen LogP contribution is -2.24. The highest BCUT2D eigenvalue weighted by Crippen LogP contribution is 2.27. The van der Waals surface area contributed by atoms with E-state index >= 15 is 0 Å². The molecule has 0 N–H and O–H groups in total. The quantitative estimate of drug-likeness (QED) is 0.455. The van der Waals surface area contributed by atoms with Crippen LogP contribution in [0.3, 0.4) is 0 Å². The molecule has 0 aliphatic heterocycles. The highest BCUT2D eigenvalue weighted by molar-refractivity contribution is 5.96. The van der Waals surface area contributed by atoms with Crippen LogP contribution in [0.2, 0.25) is 0 Å². The molecule has 0 heterocycles. The molecule has 2 aromatic carbocycles. The van der Waals surface area contributed by atoms with Gasteiger partial charge in [-0.25, -0.2) is 4.79 Å². The van der Waals surface area contributed by atoms with E-state index < -0.39 is 11.9 Å². The predicted octanol–water partition coefficient (Wildman–Crippen LogP) is 3.94. The van der Waals surface area contributed by atoms with E-state index in [1.165, 1.54) is 12.1 Å². The Kier molecular flexibility index (Phi) is 8.27. The molecule has 0 radical (unpaired) electrons. The fourth-order valence-electron chi connectivity index (χ4n) is 2.40. The van der Waals surface area contributed by atoms with Gasteiger partial charge in [-0.05, 0) is 37.1 Å². The Hall–Kier alpha value is -3.09. The second kappa shape index (κ2) is 10.9. The van der Waals surface area contributed by atoms with Crippen LogP contribution in [-0.4, -0.2) is 36.8 Å². The molecule has 2 rings (SSSR count). The van der Waals surface area contributed by atoms with Gasteiger partial charge in [-0.2, -0.15) is 5.12 Å². The van der Waals surface area contributed by atoms with Crippen LogP contribution in [0.1, 0.15) is 36.2 Å². The number of benzene rings is 2. The van der Waals surface area contributed by atoms with Crippen LogP contribution in [0, 0.1) is 0 Å². The summed E-state index contributed by atoms with van der Waals surface area (Å²) in [6.07, 6.45) is 0.785. The van der Waals surface area contributed by atoms with E-state index in [1.807, 2.05) is 13.0 Å². The van der Waals surface area contributed by atoms with Gasteiger partial charge in [-0.15, -0.1) is 0 Å². The summed E-state index contributed by atoms with van der Waals surface area (Å²) in [7, 11) is 0. The standard InChI is InChI=1S/C21H24FNO5/c1-3-12-27-17-10-11-19(28-15-20(24)26-4-2)18(13-17)21(25)23(22)14-16-8-6-5-7-9-16/h5-11,13H,3-4,12,14-15H2,1-2H3. The minimum Gasteiger partial charge on any atom is -0.494 e. The van der Waals surface area contributed by atoms with Crippen molar-refractivity contribution in [1.82, 2.24) is 5.12 Å². The first kappa shape index (κ1) is 21.2. The third-order valence-electron chi connectivity index (χ3n) is 3.69. The number of amides is 1. The van der Waals surface area contributed by atoms with E-state index in [1.54, 1.807) is 37.3 Å². The van der Waals surface area contributed by atoms with E-state index in [0.29, 0.717) is 17.9 Å². The van der Waals surface area contributed by atoms with Gasteiger partial charge in [0, 0.05) is 0 Å². The van der Waals surface area contributed by atoms with Gasteiger partial charge in [0.15, 0.2) is 6.61 Å². The highest BCUT2D eigenvalue weighted by atomic mass is 19.2. The summed E-state index contributed by atoms with van der Waals surface area (Å²) < 4.78 is 30.3. The average molecular weight is 389 g/mol. The third-order valence-corrected chi connectivity index (χ3v) is 3.69. The molecule has 0 aromatic heterocycles. The largest absolute Gasteiger partial charge is 0.494 e. The zero-order chi connectivity index (χ0) is 20.4. The first-order chi connectivity index (χ1) is 13.5. The fourth-order valence-corrected chi connectivity index (χ4v) is 2.40. The monoisotopic (exact) mass is 389 g/mol. The summed E-state index contributed by atoms with van der Waals surface area (Å²) in [5.74, 6) is -0.960. The predicted molar refractivity (Wildman–Crippen MR) is 102 cm³/mol. The van der Waals surface area contributed by atoms with E-state index in [9.17, 15) is 14.1 Å². The molecule has 0 atom stereocenters. The first-order valence-corrected chi connectivity index (χ1v) is 9.12. The molecular weight excluding hydrogens is 365 g/mol. The number of carbonyl (C=O) groups excluding carboxylic acids is 2. The lowest BCUT2D eigenvalue weighted by atomic mass is 10.1. The van der Waals surface area contributed by atoms with Gasteiger partial charge in [-0.1, -0.05) is 41.7 Å². The van der Waals surface area contributed by atoms with Gasteiger partial charge in [0.1, 0.15) is 11.5 Å². The topological polar surface area (TPSA) is 65.1 Å². The number of hydrogen-bond donors (Lipinski definition) is 0. The van der Waals surface area contributed by atoms with Gasteiger partial charge in [-0.3, -0.25) is 4.79 Å². The summed E-state index contributed by atoms with van der Waals surface area (Å²) in [6.45, 7) is 3.71. The molecule has 1 amide bonds. The highest BCUT2D eigenvalue weighted by Gasteiger charge is 2.22. The molecule has 0 fully saturated rings. The number of ether oxygens (including phenoxy) is 3. The van der Waals surface area contributed by atoms with Crippen LogP contribution >= 0.6 is 0 Å². The molecule has 0 spiro atoms. The number of rotatable bonds is 10. The van der Waals surface area contributed by atoms with Gasteiger partial charge in [0.05, 0.1) is 25.3 Å². The van der Waals surface area contributed by atoms with Crippen molar-refractivity contribution in [2.75, 3.05) is 19.8 Å². The van der Waals surface area contributed by atoms with Crippen LogP contribution in [0.15, 0.2) is 48.5 Å². The smallest absolute Gasteiger partial charge is 0.344 e. The van der Waals surface area contributed by atoms with Crippen molar-refractivity contribution in [2.45, 2.75) is 26.8 Å². The minimum atomic E-state index is -0.885. The van der Waals surface area contributed by atoms with E-state index in [0.717, 1.165) is 6.42 Å². The number of carbonyl (C=O) groups is 2. The van der Waals surface area contributed by atoms with Crippen LogP contribution in [0.5, 0.6) is 11.5 Å². The van der Waals surface area contributed by atoms with Gasteiger partial charge in [0.25, 0.3) is 5.91 Å². The second-order valence-corrected chi connectivity index (χ2v) is 5.91.